The lowest BCUT2D eigenvalue weighted by Crippen LogP contribution is -2.38. The third-order valence-electron chi connectivity index (χ3n) is 1.55. The van der Waals surface area contributed by atoms with E-state index in [1.165, 1.54) is 23.9 Å². The standard InChI is InChI=1S/C7H9FN2O2/c1-9-4-2-6(11)10(5-3-8)7(9)12/h2,4H,3,5H2,1H3. The molecule has 0 unspecified atom stereocenters. The van der Waals surface area contributed by atoms with E-state index in [1.807, 2.05) is 0 Å². The molecule has 0 atom stereocenters. The predicted octanol–water partition coefficient (Wildman–Crippen LogP) is -0.484. The molecule has 1 aromatic rings. The van der Waals surface area contributed by atoms with E-state index < -0.39 is 17.9 Å². The Labute approximate surface area is 67.9 Å². The Morgan fingerprint density at radius 1 is 1.50 bits per heavy atom. The van der Waals surface area contributed by atoms with Crippen LogP contribution < -0.4 is 11.2 Å². The molecule has 1 rings (SSSR count). The zero-order valence-electron chi connectivity index (χ0n) is 6.66. The SMILES string of the molecule is Cn1ccc(=O)n(CCF)c1=O. The molecule has 1 heterocycles. The van der Waals surface area contributed by atoms with Crippen LogP contribution in [-0.2, 0) is 13.6 Å². The molecule has 0 aliphatic carbocycles. The molecule has 0 aliphatic heterocycles. The van der Waals surface area contributed by atoms with Crippen molar-refractivity contribution >= 4 is 0 Å². The zero-order valence-corrected chi connectivity index (χ0v) is 6.66. The molecule has 0 fully saturated rings. The molecule has 0 aliphatic rings. The molecule has 0 bridgehead atoms. The van der Waals surface area contributed by atoms with Crippen LogP contribution in [0.1, 0.15) is 0 Å². The quantitative estimate of drug-likeness (QED) is 0.604. The molecule has 4 nitrogen and oxygen atoms in total. The average molecular weight is 172 g/mol. The normalized spacial score (nSPS) is 10.2. The molecule has 0 saturated heterocycles. The number of rotatable bonds is 2. The lowest BCUT2D eigenvalue weighted by molar-refractivity contribution is 0.427. The maximum atomic E-state index is 11.9. The van der Waals surface area contributed by atoms with Crippen LogP contribution in [-0.4, -0.2) is 15.8 Å². The van der Waals surface area contributed by atoms with Gasteiger partial charge in [-0.1, -0.05) is 0 Å². The van der Waals surface area contributed by atoms with Crippen LogP contribution in [0.2, 0.25) is 0 Å². The highest BCUT2D eigenvalue weighted by molar-refractivity contribution is 4.85. The van der Waals surface area contributed by atoms with Gasteiger partial charge in [-0.2, -0.15) is 0 Å². The lowest BCUT2D eigenvalue weighted by atomic mass is 10.6. The van der Waals surface area contributed by atoms with E-state index in [-0.39, 0.29) is 6.54 Å². The summed E-state index contributed by atoms with van der Waals surface area (Å²) >= 11 is 0. The number of hydrogen-bond donors (Lipinski definition) is 0. The third-order valence-corrected chi connectivity index (χ3v) is 1.55. The molecule has 0 aromatic carbocycles. The number of hydrogen-bond acceptors (Lipinski definition) is 2. The Kier molecular flexibility index (Phi) is 2.42. The second-order valence-corrected chi connectivity index (χ2v) is 2.39. The van der Waals surface area contributed by atoms with Crippen molar-refractivity contribution in [3.63, 3.8) is 0 Å². The van der Waals surface area contributed by atoms with Gasteiger partial charge in [0.25, 0.3) is 5.56 Å². The monoisotopic (exact) mass is 172 g/mol. The van der Waals surface area contributed by atoms with E-state index in [9.17, 15) is 14.0 Å². The van der Waals surface area contributed by atoms with Crippen molar-refractivity contribution in [2.45, 2.75) is 6.54 Å². The molecule has 0 spiro atoms. The van der Waals surface area contributed by atoms with Crippen molar-refractivity contribution in [3.05, 3.63) is 33.1 Å². The van der Waals surface area contributed by atoms with Crippen LogP contribution in [0.4, 0.5) is 4.39 Å². The van der Waals surface area contributed by atoms with Gasteiger partial charge in [-0.25, -0.2) is 9.18 Å². The number of aromatic nitrogens is 2. The summed E-state index contributed by atoms with van der Waals surface area (Å²) in [6, 6.07) is 1.23. The second kappa shape index (κ2) is 3.34. The summed E-state index contributed by atoms with van der Waals surface area (Å²) in [5, 5.41) is 0. The Morgan fingerprint density at radius 2 is 2.17 bits per heavy atom. The second-order valence-electron chi connectivity index (χ2n) is 2.39. The number of nitrogens with zero attached hydrogens (tertiary/aromatic N) is 2. The highest BCUT2D eigenvalue weighted by Gasteiger charge is 2.00. The predicted molar refractivity (Wildman–Crippen MR) is 41.9 cm³/mol. The smallest absolute Gasteiger partial charge is 0.303 e. The van der Waals surface area contributed by atoms with Crippen molar-refractivity contribution < 1.29 is 4.39 Å². The Bertz CT molecular complexity index is 380. The van der Waals surface area contributed by atoms with Gasteiger partial charge in [0.05, 0.1) is 6.54 Å². The molecule has 12 heavy (non-hydrogen) atoms. The van der Waals surface area contributed by atoms with Crippen molar-refractivity contribution in [2.75, 3.05) is 6.67 Å². The largest absolute Gasteiger partial charge is 0.330 e. The molecule has 0 amide bonds. The van der Waals surface area contributed by atoms with E-state index in [1.54, 1.807) is 0 Å². The third kappa shape index (κ3) is 1.44. The van der Waals surface area contributed by atoms with E-state index in [2.05, 4.69) is 0 Å². The fraction of sp³-hybridized carbons (Fsp3) is 0.429. The topological polar surface area (TPSA) is 44.0 Å². The molecule has 0 saturated carbocycles. The maximum Gasteiger partial charge on any atom is 0.330 e. The van der Waals surface area contributed by atoms with Gasteiger partial charge < -0.3 is 4.57 Å². The van der Waals surface area contributed by atoms with Crippen LogP contribution >= 0.6 is 0 Å². The maximum absolute atomic E-state index is 11.9. The summed E-state index contributed by atoms with van der Waals surface area (Å²) in [5.74, 6) is 0. The number of aryl methyl sites for hydroxylation is 1. The lowest BCUT2D eigenvalue weighted by Gasteiger charge is -2.02. The highest BCUT2D eigenvalue weighted by atomic mass is 19.1. The van der Waals surface area contributed by atoms with Crippen LogP contribution in [0, 0.1) is 0 Å². The summed E-state index contributed by atoms with van der Waals surface area (Å²) in [6.07, 6.45) is 1.36. The molecule has 0 radical (unpaired) electrons. The van der Waals surface area contributed by atoms with Gasteiger partial charge in [0.2, 0.25) is 0 Å². The van der Waals surface area contributed by atoms with Crippen molar-refractivity contribution in [3.8, 4) is 0 Å². The first-order valence-corrected chi connectivity index (χ1v) is 3.49. The van der Waals surface area contributed by atoms with Crippen LogP contribution in [0.5, 0.6) is 0 Å². The van der Waals surface area contributed by atoms with Crippen LogP contribution in [0.15, 0.2) is 21.9 Å². The van der Waals surface area contributed by atoms with Crippen molar-refractivity contribution in [1.82, 2.24) is 9.13 Å². The van der Waals surface area contributed by atoms with Crippen LogP contribution in [0.25, 0.3) is 0 Å². The van der Waals surface area contributed by atoms with E-state index in [0.717, 1.165) is 4.57 Å². The van der Waals surface area contributed by atoms with Gasteiger partial charge in [-0.3, -0.25) is 9.36 Å². The first-order valence-electron chi connectivity index (χ1n) is 3.49. The summed E-state index contributed by atoms with van der Waals surface area (Å²) in [6.45, 7) is -0.883. The van der Waals surface area contributed by atoms with E-state index in [4.69, 9.17) is 0 Å². The van der Waals surface area contributed by atoms with Gasteiger partial charge in [-0.15, -0.1) is 0 Å². The minimum absolute atomic E-state index is 0.174. The highest BCUT2D eigenvalue weighted by Crippen LogP contribution is 1.75. The average Bonchev–Trinajstić information content (AvgIpc) is 2.06. The number of alkyl halides is 1. The summed E-state index contributed by atoms with van der Waals surface area (Å²) in [4.78, 5) is 22.1. The zero-order chi connectivity index (χ0) is 9.14. The summed E-state index contributed by atoms with van der Waals surface area (Å²) in [5.41, 5.74) is -0.948. The van der Waals surface area contributed by atoms with Crippen LogP contribution in [0.3, 0.4) is 0 Å². The summed E-state index contributed by atoms with van der Waals surface area (Å²) < 4.78 is 14.0. The van der Waals surface area contributed by atoms with Gasteiger partial charge in [0, 0.05) is 19.3 Å². The fourth-order valence-corrected chi connectivity index (χ4v) is 0.904. The Morgan fingerprint density at radius 3 is 2.75 bits per heavy atom. The molecular weight excluding hydrogens is 163 g/mol. The number of halogens is 1. The molecule has 0 N–H and O–H groups in total. The van der Waals surface area contributed by atoms with E-state index >= 15 is 0 Å². The first-order chi connectivity index (χ1) is 5.66. The Balaban J connectivity index is 3.34. The van der Waals surface area contributed by atoms with Gasteiger partial charge in [0.15, 0.2) is 0 Å². The molecule has 66 valence electrons. The van der Waals surface area contributed by atoms with Gasteiger partial charge in [-0.05, 0) is 0 Å². The summed E-state index contributed by atoms with van der Waals surface area (Å²) in [7, 11) is 1.51. The van der Waals surface area contributed by atoms with Gasteiger partial charge >= 0.3 is 5.69 Å². The molecular formula is C7H9FN2O2. The molecule has 5 heteroatoms. The molecule has 1 aromatic heterocycles. The van der Waals surface area contributed by atoms with Crippen molar-refractivity contribution in [2.24, 2.45) is 7.05 Å². The fourth-order valence-electron chi connectivity index (χ4n) is 0.904. The first kappa shape index (κ1) is 8.70. The van der Waals surface area contributed by atoms with Gasteiger partial charge in [0.1, 0.15) is 6.67 Å². The Hall–Kier alpha value is -1.39. The minimum atomic E-state index is -0.709. The van der Waals surface area contributed by atoms with Crippen molar-refractivity contribution in [1.29, 1.82) is 0 Å². The minimum Gasteiger partial charge on any atom is -0.303 e. The van der Waals surface area contributed by atoms with E-state index in [0.29, 0.717) is 0 Å².